The SMILES string of the molecule is O=C(Nn1ccccc1=O)c1csc(NC2CCCCC2)n1. The lowest BCUT2D eigenvalue weighted by Gasteiger charge is -2.22. The number of anilines is 1. The molecule has 22 heavy (non-hydrogen) atoms. The van der Waals surface area contributed by atoms with E-state index in [1.165, 1.54) is 42.9 Å². The van der Waals surface area contributed by atoms with Crippen LogP contribution in [0.3, 0.4) is 0 Å². The molecule has 1 amide bonds. The van der Waals surface area contributed by atoms with Crippen LogP contribution in [0.1, 0.15) is 42.6 Å². The van der Waals surface area contributed by atoms with Crippen molar-refractivity contribution in [2.24, 2.45) is 0 Å². The first-order chi connectivity index (χ1) is 10.7. The Bertz CT molecular complexity index is 703. The maximum atomic E-state index is 12.1. The number of aromatic nitrogens is 2. The number of carbonyl (C=O) groups is 1. The number of nitrogens with zero attached hydrogens (tertiary/aromatic N) is 2. The van der Waals surface area contributed by atoms with Gasteiger partial charge >= 0.3 is 0 Å². The third-order valence-electron chi connectivity index (χ3n) is 3.71. The van der Waals surface area contributed by atoms with E-state index in [9.17, 15) is 9.59 Å². The van der Waals surface area contributed by atoms with Crippen molar-refractivity contribution in [1.82, 2.24) is 9.66 Å². The van der Waals surface area contributed by atoms with E-state index >= 15 is 0 Å². The van der Waals surface area contributed by atoms with Gasteiger partial charge in [-0.25, -0.2) is 9.66 Å². The summed E-state index contributed by atoms with van der Waals surface area (Å²) in [6.07, 6.45) is 7.60. The molecule has 0 aromatic carbocycles. The molecule has 7 heteroatoms. The monoisotopic (exact) mass is 318 g/mol. The van der Waals surface area contributed by atoms with Gasteiger partial charge in [-0.15, -0.1) is 11.3 Å². The Morgan fingerprint density at radius 1 is 1.27 bits per heavy atom. The second-order valence-electron chi connectivity index (χ2n) is 5.37. The fourth-order valence-corrected chi connectivity index (χ4v) is 3.32. The minimum Gasteiger partial charge on any atom is -0.359 e. The number of amides is 1. The highest BCUT2D eigenvalue weighted by molar-refractivity contribution is 7.13. The molecule has 1 saturated carbocycles. The van der Waals surface area contributed by atoms with Crippen molar-refractivity contribution in [1.29, 1.82) is 0 Å². The average Bonchev–Trinajstić information content (AvgIpc) is 2.99. The first-order valence-corrected chi connectivity index (χ1v) is 8.31. The van der Waals surface area contributed by atoms with E-state index in [0.29, 0.717) is 11.7 Å². The summed E-state index contributed by atoms with van der Waals surface area (Å²) in [5.74, 6) is -0.388. The second-order valence-corrected chi connectivity index (χ2v) is 6.23. The van der Waals surface area contributed by atoms with E-state index in [0.717, 1.165) is 22.6 Å². The maximum absolute atomic E-state index is 12.1. The molecule has 6 nitrogen and oxygen atoms in total. The predicted octanol–water partition coefficient (Wildman–Crippen LogP) is 2.43. The Hall–Kier alpha value is -2.15. The van der Waals surface area contributed by atoms with Crippen LogP contribution in [0.4, 0.5) is 5.13 Å². The molecule has 1 aliphatic carbocycles. The first-order valence-electron chi connectivity index (χ1n) is 7.43. The van der Waals surface area contributed by atoms with Gasteiger partial charge in [0.15, 0.2) is 5.13 Å². The third kappa shape index (κ3) is 3.54. The van der Waals surface area contributed by atoms with Crippen molar-refractivity contribution in [2.75, 3.05) is 10.7 Å². The normalized spacial score (nSPS) is 15.5. The van der Waals surface area contributed by atoms with Crippen LogP contribution in [0.5, 0.6) is 0 Å². The molecule has 3 rings (SSSR count). The number of pyridine rings is 1. The summed E-state index contributed by atoms with van der Waals surface area (Å²) >= 11 is 1.42. The number of nitrogens with one attached hydrogen (secondary N) is 2. The van der Waals surface area contributed by atoms with Crippen molar-refractivity contribution >= 4 is 22.4 Å². The van der Waals surface area contributed by atoms with Gasteiger partial charge in [0.2, 0.25) is 0 Å². The van der Waals surface area contributed by atoms with Gasteiger partial charge < -0.3 is 5.32 Å². The summed E-state index contributed by atoms with van der Waals surface area (Å²) in [4.78, 5) is 28.0. The van der Waals surface area contributed by atoms with Crippen LogP contribution in [0, 0.1) is 0 Å². The van der Waals surface area contributed by atoms with Gasteiger partial charge in [0.25, 0.3) is 11.5 Å². The van der Waals surface area contributed by atoms with E-state index in [2.05, 4.69) is 15.7 Å². The Labute approximate surface area is 132 Å². The van der Waals surface area contributed by atoms with Gasteiger partial charge in [-0.05, 0) is 18.9 Å². The van der Waals surface area contributed by atoms with Gasteiger partial charge in [0.05, 0.1) is 0 Å². The van der Waals surface area contributed by atoms with E-state index < -0.39 is 0 Å². The molecule has 0 radical (unpaired) electrons. The Morgan fingerprint density at radius 2 is 2.09 bits per heavy atom. The second kappa shape index (κ2) is 6.74. The lowest BCUT2D eigenvalue weighted by molar-refractivity contribution is 0.100. The zero-order chi connectivity index (χ0) is 15.4. The maximum Gasteiger partial charge on any atom is 0.289 e. The van der Waals surface area contributed by atoms with Crippen LogP contribution in [0.25, 0.3) is 0 Å². The molecule has 2 N–H and O–H groups in total. The number of rotatable bonds is 4. The molecule has 0 spiro atoms. The summed E-state index contributed by atoms with van der Waals surface area (Å²) < 4.78 is 1.15. The molecule has 0 aliphatic heterocycles. The van der Waals surface area contributed by atoms with Gasteiger partial charge in [-0.2, -0.15) is 0 Å². The standard InChI is InChI=1S/C15H18N4O2S/c20-13-8-4-5-9-19(13)18-14(21)12-10-22-15(17-12)16-11-6-2-1-3-7-11/h4-5,8-11H,1-3,6-7H2,(H,16,17)(H,18,21). The van der Waals surface area contributed by atoms with E-state index in [-0.39, 0.29) is 11.5 Å². The van der Waals surface area contributed by atoms with Crippen molar-refractivity contribution in [3.63, 3.8) is 0 Å². The summed E-state index contributed by atoms with van der Waals surface area (Å²) in [6, 6.07) is 5.14. The van der Waals surface area contributed by atoms with Crippen molar-refractivity contribution in [2.45, 2.75) is 38.1 Å². The number of thiazole rings is 1. The van der Waals surface area contributed by atoms with E-state index in [1.807, 2.05) is 0 Å². The number of carbonyl (C=O) groups excluding carboxylic acids is 1. The van der Waals surface area contributed by atoms with Gasteiger partial charge in [-0.1, -0.05) is 25.3 Å². The lowest BCUT2D eigenvalue weighted by atomic mass is 9.96. The Kier molecular flexibility index (Phi) is 4.53. The van der Waals surface area contributed by atoms with Gasteiger partial charge in [0.1, 0.15) is 5.69 Å². The summed E-state index contributed by atoms with van der Waals surface area (Å²) in [6.45, 7) is 0. The molecule has 2 aromatic rings. The van der Waals surface area contributed by atoms with Gasteiger partial charge in [-0.3, -0.25) is 15.0 Å². The molecular formula is C15H18N4O2S. The lowest BCUT2D eigenvalue weighted by Crippen LogP contribution is -2.32. The van der Waals surface area contributed by atoms with E-state index in [4.69, 9.17) is 0 Å². The fourth-order valence-electron chi connectivity index (χ4n) is 2.55. The van der Waals surface area contributed by atoms with Crippen molar-refractivity contribution in [3.05, 3.63) is 45.8 Å². The van der Waals surface area contributed by atoms with Crippen LogP contribution in [-0.2, 0) is 0 Å². The van der Waals surface area contributed by atoms with Crippen LogP contribution in [-0.4, -0.2) is 21.6 Å². The minimum atomic E-state index is -0.388. The minimum absolute atomic E-state index is 0.286. The van der Waals surface area contributed by atoms with Crippen LogP contribution < -0.4 is 16.3 Å². The highest BCUT2D eigenvalue weighted by Crippen LogP contribution is 2.23. The summed E-state index contributed by atoms with van der Waals surface area (Å²) in [5.41, 5.74) is 2.56. The molecule has 2 heterocycles. The molecule has 1 aliphatic rings. The predicted molar refractivity (Wildman–Crippen MR) is 87.0 cm³/mol. The molecular weight excluding hydrogens is 300 g/mol. The zero-order valence-corrected chi connectivity index (χ0v) is 12.9. The van der Waals surface area contributed by atoms with Crippen molar-refractivity contribution < 1.29 is 4.79 Å². The largest absolute Gasteiger partial charge is 0.359 e. The molecule has 0 bridgehead atoms. The highest BCUT2D eigenvalue weighted by Gasteiger charge is 2.16. The first kappa shape index (κ1) is 14.8. The van der Waals surface area contributed by atoms with Crippen molar-refractivity contribution in [3.8, 4) is 0 Å². The Balaban J connectivity index is 1.64. The number of hydrogen-bond donors (Lipinski definition) is 2. The molecule has 0 unspecified atom stereocenters. The molecule has 116 valence electrons. The smallest absolute Gasteiger partial charge is 0.289 e. The molecule has 2 aromatic heterocycles. The average molecular weight is 318 g/mol. The highest BCUT2D eigenvalue weighted by atomic mass is 32.1. The Morgan fingerprint density at radius 3 is 2.86 bits per heavy atom. The van der Waals surface area contributed by atoms with Crippen LogP contribution in [0.2, 0.25) is 0 Å². The molecule has 0 saturated heterocycles. The quantitative estimate of drug-likeness (QED) is 0.908. The third-order valence-corrected chi connectivity index (χ3v) is 4.49. The zero-order valence-electron chi connectivity index (χ0n) is 12.1. The molecule has 1 fully saturated rings. The molecule has 0 atom stereocenters. The summed E-state index contributed by atoms with van der Waals surface area (Å²) in [7, 11) is 0. The van der Waals surface area contributed by atoms with Gasteiger partial charge in [0, 0.05) is 23.7 Å². The topological polar surface area (TPSA) is 76.0 Å². The van der Waals surface area contributed by atoms with Crippen LogP contribution >= 0.6 is 11.3 Å². The van der Waals surface area contributed by atoms with Crippen LogP contribution in [0.15, 0.2) is 34.6 Å². The number of hydrogen-bond acceptors (Lipinski definition) is 5. The fraction of sp³-hybridized carbons (Fsp3) is 0.400. The van der Waals surface area contributed by atoms with E-state index in [1.54, 1.807) is 17.5 Å². The summed E-state index contributed by atoms with van der Waals surface area (Å²) in [5, 5.41) is 5.85.